The number of nitrogens with two attached hydrogens (primary N) is 1. The van der Waals surface area contributed by atoms with Gasteiger partial charge in [0.2, 0.25) is 5.91 Å². The van der Waals surface area contributed by atoms with Crippen LogP contribution in [0.1, 0.15) is 29.0 Å². The summed E-state index contributed by atoms with van der Waals surface area (Å²) in [6.45, 7) is 0. The molecule has 0 radical (unpaired) electrons. The van der Waals surface area contributed by atoms with Gasteiger partial charge in [0.25, 0.3) is 0 Å². The van der Waals surface area contributed by atoms with Gasteiger partial charge in [0, 0.05) is 17.3 Å². The fourth-order valence-electron chi connectivity index (χ4n) is 2.54. The molecule has 1 heterocycles. The Morgan fingerprint density at radius 3 is 3.00 bits per heavy atom. The zero-order chi connectivity index (χ0) is 14.7. The van der Waals surface area contributed by atoms with Crippen molar-refractivity contribution in [2.45, 2.75) is 38.1 Å². The van der Waals surface area contributed by atoms with Gasteiger partial charge in [0.05, 0.1) is 5.69 Å². The molecular weight excluding hydrogens is 282 g/mol. The summed E-state index contributed by atoms with van der Waals surface area (Å²) in [5.41, 5.74) is 8.25. The van der Waals surface area contributed by atoms with Gasteiger partial charge in [-0.05, 0) is 31.2 Å². The Morgan fingerprint density at radius 1 is 1.38 bits per heavy atom. The molecule has 0 fully saturated rings. The molecule has 0 spiro atoms. The topological polar surface area (TPSA) is 68.0 Å². The molecule has 1 atom stereocenters. The molecule has 21 heavy (non-hydrogen) atoms. The van der Waals surface area contributed by atoms with Crippen molar-refractivity contribution in [2.24, 2.45) is 5.73 Å². The number of hydrogen-bond donors (Lipinski definition) is 2. The highest BCUT2D eigenvalue weighted by molar-refractivity contribution is 7.15. The molecule has 0 aliphatic heterocycles. The van der Waals surface area contributed by atoms with Gasteiger partial charge < -0.3 is 11.1 Å². The number of amides is 1. The molecule has 1 aliphatic rings. The number of anilines is 1. The van der Waals surface area contributed by atoms with Gasteiger partial charge in [0.1, 0.15) is 0 Å². The Kier molecular flexibility index (Phi) is 4.31. The van der Waals surface area contributed by atoms with Gasteiger partial charge in [-0.25, -0.2) is 4.98 Å². The number of nitrogens with one attached hydrogen (secondary N) is 1. The first-order valence-electron chi connectivity index (χ1n) is 7.28. The first-order valence-corrected chi connectivity index (χ1v) is 8.10. The summed E-state index contributed by atoms with van der Waals surface area (Å²) >= 11 is 1.57. The number of fused-ring (bicyclic) bond motifs is 1. The van der Waals surface area contributed by atoms with E-state index in [1.807, 2.05) is 30.3 Å². The molecule has 5 heteroatoms. The average Bonchev–Trinajstić information content (AvgIpc) is 2.87. The Morgan fingerprint density at radius 2 is 2.19 bits per heavy atom. The van der Waals surface area contributed by atoms with Crippen molar-refractivity contribution in [1.29, 1.82) is 0 Å². The minimum atomic E-state index is 0.0225. The molecule has 1 aromatic carbocycles. The third-order valence-electron chi connectivity index (χ3n) is 3.71. The fourth-order valence-corrected chi connectivity index (χ4v) is 3.66. The molecule has 1 aliphatic carbocycles. The van der Waals surface area contributed by atoms with E-state index in [4.69, 9.17) is 5.73 Å². The maximum atomic E-state index is 12.0. The fraction of sp³-hybridized carbons (Fsp3) is 0.375. The number of carbonyl (C=O) groups is 1. The number of nitrogens with zero attached hydrogens (tertiary/aromatic N) is 1. The number of aryl methyl sites for hydroxylation is 2. The maximum Gasteiger partial charge on any atom is 0.226 e. The van der Waals surface area contributed by atoms with Crippen molar-refractivity contribution in [2.75, 3.05) is 5.32 Å². The quantitative estimate of drug-likeness (QED) is 0.912. The molecule has 0 saturated carbocycles. The summed E-state index contributed by atoms with van der Waals surface area (Å²) in [5, 5.41) is 3.63. The van der Waals surface area contributed by atoms with Crippen molar-refractivity contribution in [3.05, 3.63) is 46.5 Å². The maximum absolute atomic E-state index is 12.0. The highest BCUT2D eigenvalue weighted by atomic mass is 32.1. The minimum Gasteiger partial charge on any atom is -0.327 e. The van der Waals surface area contributed by atoms with E-state index in [2.05, 4.69) is 10.3 Å². The van der Waals surface area contributed by atoms with E-state index < -0.39 is 0 Å². The van der Waals surface area contributed by atoms with Crippen LogP contribution in [0.2, 0.25) is 0 Å². The van der Waals surface area contributed by atoms with Gasteiger partial charge in [-0.1, -0.05) is 30.3 Å². The van der Waals surface area contributed by atoms with E-state index in [1.54, 1.807) is 11.3 Å². The third kappa shape index (κ3) is 3.68. The summed E-state index contributed by atoms with van der Waals surface area (Å²) in [7, 11) is 0. The number of rotatable bonds is 4. The lowest BCUT2D eigenvalue weighted by atomic mass is 9.99. The van der Waals surface area contributed by atoms with Crippen LogP contribution in [-0.2, 0) is 24.1 Å². The van der Waals surface area contributed by atoms with Crippen LogP contribution in [0.5, 0.6) is 0 Å². The molecule has 0 unspecified atom stereocenters. The van der Waals surface area contributed by atoms with E-state index in [0.29, 0.717) is 11.6 Å². The molecule has 1 aromatic heterocycles. The molecule has 0 bridgehead atoms. The number of thiazole rings is 1. The molecular formula is C16H19N3OS. The van der Waals surface area contributed by atoms with Crippen molar-refractivity contribution in [3.8, 4) is 0 Å². The predicted octanol–water partition coefficient (Wildman–Crippen LogP) is 2.53. The second-order valence-electron chi connectivity index (χ2n) is 5.43. The van der Waals surface area contributed by atoms with Crippen molar-refractivity contribution < 1.29 is 4.79 Å². The first kappa shape index (κ1) is 14.2. The summed E-state index contributed by atoms with van der Waals surface area (Å²) in [6.07, 6.45) is 4.02. The highest BCUT2D eigenvalue weighted by Gasteiger charge is 2.20. The van der Waals surface area contributed by atoms with E-state index in [0.717, 1.165) is 31.4 Å². The molecule has 3 rings (SSSR count). The molecule has 4 nitrogen and oxygen atoms in total. The second-order valence-corrected chi connectivity index (χ2v) is 6.51. The second kappa shape index (κ2) is 6.37. The number of aromatic nitrogens is 1. The van der Waals surface area contributed by atoms with Crippen LogP contribution < -0.4 is 11.1 Å². The van der Waals surface area contributed by atoms with Crippen molar-refractivity contribution in [1.82, 2.24) is 4.98 Å². The zero-order valence-corrected chi connectivity index (χ0v) is 12.7. The highest BCUT2D eigenvalue weighted by Crippen LogP contribution is 2.29. The van der Waals surface area contributed by atoms with E-state index in [9.17, 15) is 4.79 Å². The van der Waals surface area contributed by atoms with Crippen LogP contribution in [0.15, 0.2) is 30.3 Å². The van der Waals surface area contributed by atoms with Gasteiger partial charge in [-0.15, -0.1) is 11.3 Å². The van der Waals surface area contributed by atoms with Gasteiger partial charge >= 0.3 is 0 Å². The molecule has 0 saturated heterocycles. The summed E-state index contributed by atoms with van der Waals surface area (Å²) in [5.74, 6) is 0.0225. The van der Waals surface area contributed by atoms with E-state index in [-0.39, 0.29) is 11.9 Å². The van der Waals surface area contributed by atoms with E-state index in [1.165, 1.54) is 10.4 Å². The number of carbonyl (C=O) groups excluding carboxylic acids is 1. The molecule has 1 amide bonds. The Hall–Kier alpha value is -1.72. The van der Waals surface area contributed by atoms with Crippen LogP contribution in [0, 0.1) is 0 Å². The minimum absolute atomic E-state index is 0.0225. The Balaban J connectivity index is 1.55. The third-order valence-corrected chi connectivity index (χ3v) is 4.74. The molecule has 110 valence electrons. The Bertz CT molecular complexity index is 624. The largest absolute Gasteiger partial charge is 0.327 e. The SMILES string of the molecule is N[C@H]1CCc2nc(NC(=O)CCc3ccccc3)sc2C1. The van der Waals surface area contributed by atoms with E-state index >= 15 is 0 Å². The van der Waals surface area contributed by atoms with Crippen LogP contribution in [0.25, 0.3) is 0 Å². The van der Waals surface area contributed by atoms with Crippen LogP contribution in [0.4, 0.5) is 5.13 Å². The van der Waals surface area contributed by atoms with Crippen LogP contribution in [0.3, 0.4) is 0 Å². The first-order chi connectivity index (χ1) is 10.2. The number of benzene rings is 1. The zero-order valence-electron chi connectivity index (χ0n) is 11.8. The van der Waals surface area contributed by atoms with Crippen LogP contribution in [-0.4, -0.2) is 16.9 Å². The summed E-state index contributed by atoms with van der Waals surface area (Å²) < 4.78 is 0. The average molecular weight is 301 g/mol. The lowest BCUT2D eigenvalue weighted by Gasteiger charge is -2.15. The van der Waals surface area contributed by atoms with Gasteiger partial charge in [-0.2, -0.15) is 0 Å². The normalized spacial score (nSPS) is 17.3. The lowest BCUT2D eigenvalue weighted by Crippen LogP contribution is -2.27. The molecule has 2 aromatic rings. The van der Waals surface area contributed by atoms with Crippen LogP contribution >= 0.6 is 11.3 Å². The molecule has 3 N–H and O–H groups in total. The summed E-state index contributed by atoms with van der Waals surface area (Å²) in [6, 6.07) is 10.3. The monoisotopic (exact) mass is 301 g/mol. The number of hydrogen-bond acceptors (Lipinski definition) is 4. The smallest absolute Gasteiger partial charge is 0.226 e. The lowest BCUT2D eigenvalue weighted by molar-refractivity contribution is -0.116. The standard InChI is InChI=1S/C16H19N3OS/c17-12-7-8-13-14(10-12)21-16(18-13)19-15(20)9-6-11-4-2-1-3-5-11/h1-5,12H,6-10,17H2,(H,18,19,20)/t12-/m0/s1. The van der Waals surface area contributed by atoms with Gasteiger partial charge in [-0.3, -0.25) is 4.79 Å². The van der Waals surface area contributed by atoms with Crippen molar-refractivity contribution >= 4 is 22.4 Å². The summed E-state index contributed by atoms with van der Waals surface area (Å²) in [4.78, 5) is 17.7. The predicted molar refractivity (Wildman–Crippen MR) is 85.5 cm³/mol. The van der Waals surface area contributed by atoms with Crippen molar-refractivity contribution in [3.63, 3.8) is 0 Å². The van der Waals surface area contributed by atoms with Gasteiger partial charge in [0.15, 0.2) is 5.13 Å². The Labute approximate surface area is 128 Å².